The number of phenolic OH excluding ortho intramolecular Hbond substituents is 1. The fraction of sp³-hybridized carbons (Fsp3) is 0.571. The number of fused-ring (bicyclic) bond motifs is 1. The van der Waals surface area contributed by atoms with Gasteiger partial charge >= 0.3 is 0 Å². The Kier molecular flexibility index (Phi) is 6.36. The first-order valence-electron chi connectivity index (χ1n) is 10.1. The summed E-state index contributed by atoms with van der Waals surface area (Å²) in [5, 5.41) is 25.0. The number of aryl methyl sites for hydroxylation is 1. The maximum atomic E-state index is 12.8. The SMILES string of the molecule is CCN(CC)Cc1c(N=O)c(C2CCN(C)CC2O)c2oc(C)cc(=O)c2c1O. The first kappa shape index (κ1) is 21.4. The zero-order valence-electron chi connectivity index (χ0n) is 17.4. The number of likely N-dealkylation sites (N-methyl/N-ethyl adjacent to an activating group) is 1. The van der Waals surface area contributed by atoms with Gasteiger partial charge in [-0.25, -0.2) is 0 Å². The van der Waals surface area contributed by atoms with Crippen molar-refractivity contribution in [2.24, 2.45) is 5.18 Å². The largest absolute Gasteiger partial charge is 0.507 e. The molecule has 2 unspecified atom stereocenters. The minimum absolute atomic E-state index is 0.0475. The van der Waals surface area contributed by atoms with Gasteiger partial charge < -0.3 is 19.5 Å². The van der Waals surface area contributed by atoms with E-state index in [4.69, 9.17) is 4.42 Å². The molecule has 158 valence electrons. The maximum Gasteiger partial charge on any atom is 0.196 e. The number of piperidine rings is 1. The molecule has 1 fully saturated rings. The van der Waals surface area contributed by atoms with E-state index >= 15 is 0 Å². The van der Waals surface area contributed by atoms with E-state index < -0.39 is 12.0 Å². The fourth-order valence-electron chi connectivity index (χ4n) is 4.25. The van der Waals surface area contributed by atoms with Gasteiger partial charge in [-0.3, -0.25) is 9.69 Å². The Morgan fingerprint density at radius 2 is 2.03 bits per heavy atom. The second-order valence-corrected chi connectivity index (χ2v) is 7.79. The number of nitroso groups, excluding NO2 is 1. The zero-order chi connectivity index (χ0) is 21.3. The molecule has 2 N–H and O–H groups in total. The van der Waals surface area contributed by atoms with Crippen LogP contribution in [0.2, 0.25) is 0 Å². The Bertz CT molecular complexity index is 967. The summed E-state index contributed by atoms with van der Waals surface area (Å²) in [5.41, 5.74) is 0.594. The van der Waals surface area contributed by atoms with Crippen LogP contribution in [0.15, 0.2) is 20.5 Å². The van der Waals surface area contributed by atoms with E-state index in [2.05, 4.69) is 5.18 Å². The van der Waals surface area contributed by atoms with Crippen molar-refractivity contribution in [3.63, 3.8) is 0 Å². The van der Waals surface area contributed by atoms with Crippen LogP contribution in [0, 0.1) is 11.8 Å². The lowest BCUT2D eigenvalue weighted by Crippen LogP contribution is -2.40. The number of phenols is 1. The number of rotatable bonds is 6. The Balaban J connectivity index is 2.36. The molecule has 1 aliphatic heterocycles. The van der Waals surface area contributed by atoms with Gasteiger partial charge in [0.05, 0.1) is 6.10 Å². The summed E-state index contributed by atoms with van der Waals surface area (Å²) in [4.78, 5) is 28.8. The van der Waals surface area contributed by atoms with Gasteiger partial charge in [0, 0.05) is 36.2 Å². The lowest BCUT2D eigenvalue weighted by Gasteiger charge is -2.35. The van der Waals surface area contributed by atoms with Crippen LogP contribution in [-0.4, -0.2) is 59.3 Å². The Labute approximate surface area is 169 Å². The van der Waals surface area contributed by atoms with E-state index in [0.29, 0.717) is 42.9 Å². The quantitative estimate of drug-likeness (QED) is 0.714. The number of likely N-dealkylation sites (tertiary alicyclic amines) is 1. The highest BCUT2D eigenvalue weighted by Gasteiger charge is 2.35. The molecule has 2 heterocycles. The first-order chi connectivity index (χ1) is 13.8. The molecule has 3 rings (SSSR count). The van der Waals surface area contributed by atoms with Gasteiger partial charge in [0.2, 0.25) is 0 Å². The molecule has 2 atom stereocenters. The summed E-state index contributed by atoms with van der Waals surface area (Å²) >= 11 is 0. The van der Waals surface area contributed by atoms with E-state index in [9.17, 15) is 19.9 Å². The standard InChI is InChI=1S/C21H29N3O5/c1-5-24(6-2)10-14-19(22-28)17(13-7-8-23(4)11-16(13)26)21-18(20(14)27)15(25)9-12(3)29-21/h9,13,16,26-27H,5-8,10-11H2,1-4H3. The van der Waals surface area contributed by atoms with Crippen LogP contribution in [0.25, 0.3) is 11.0 Å². The number of aliphatic hydroxyl groups is 1. The summed E-state index contributed by atoms with van der Waals surface area (Å²) in [6.07, 6.45) is -0.156. The second kappa shape index (κ2) is 8.61. The zero-order valence-corrected chi connectivity index (χ0v) is 17.4. The number of nitrogens with zero attached hydrogens (tertiary/aromatic N) is 3. The number of aromatic hydroxyl groups is 1. The molecule has 1 aliphatic rings. The van der Waals surface area contributed by atoms with Crippen molar-refractivity contribution in [1.29, 1.82) is 0 Å². The number of β-amino-alcohol motifs (C(OH)–C–C–N with tert-alkyl or cyclic N) is 1. The predicted molar refractivity (Wildman–Crippen MR) is 112 cm³/mol. The topological polar surface area (TPSA) is 107 Å². The molecule has 29 heavy (non-hydrogen) atoms. The van der Waals surface area contributed by atoms with Crippen LogP contribution < -0.4 is 5.43 Å². The molecule has 8 nitrogen and oxygen atoms in total. The molecule has 8 heteroatoms. The van der Waals surface area contributed by atoms with E-state index in [-0.39, 0.29) is 34.4 Å². The molecule has 2 aromatic rings. The third-order valence-corrected chi connectivity index (χ3v) is 5.90. The van der Waals surface area contributed by atoms with Crippen molar-refractivity contribution in [3.8, 4) is 5.75 Å². The van der Waals surface area contributed by atoms with E-state index in [1.165, 1.54) is 6.07 Å². The van der Waals surface area contributed by atoms with Crippen molar-refractivity contribution < 1.29 is 14.6 Å². The molecule has 0 bridgehead atoms. The number of hydrogen-bond acceptors (Lipinski definition) is 8. The molecule has 0 amide bonds. The Morgan fingerprint density at radius 1 is 1.34 bits per heavy atom. The van der Waals surface area contributed by atoms with Crippen LogP contribution in [0.3, 0.4) is 0 Å². The number of aliphatic hydroxyl groups excluding tert-OH is 1. The Morgan fingerprint density at radius 3 is 2.62 bits per heavy atom. The van der Waals surface area contributed by atoms with Crippen molar-refractivity contribution >= 4 is 16.7 Å². The van der Waals surface area contributed by atoms with Crippen molar-refractivity contribution in [3.05, 3.63) is 38.1 Å². The van der Waals surface area contributed by atoms with Crippen LogP contribution in [0.1, 0.15) is 43.1 Å². The summed E-state index contributed by atoms with van der Waals surface area (Å²) in [6.45, 7) is 8.46. The maximum absolute atomic E-state index is 12.8. The van der Waals surface area contributed by atoms with E-state index in [1.807, 2.05) is 30.7 Å². The summed E-state index contributed by atoms with van der Waals surface area (Å²) < 4.78 is 5.84. The summed E-state index contributed by atoms with van der Waals surface area (Å²) in [5.74, 6) is -0.303. The minimum Gasteiger partial charge on any atom is -0.507 e. The van der Waals surface area contributed by atoms with Gasteiger partial charge in [-0.05, 0) is 45.2 Å². The van der Waals surface area contributed by atoms with Crippen molar-refractivity contribution in [2.75, 3.05) is 33.2 Å². The second-order valence-electron chi connectivity index (χ2n) is 7.79. The molecule has 0 spiro atoms. The van der Waals surface area contributed by atoms with Crippen molar-refractivity contribution in [2.45, 2.75) is 45.8 Å². The highest BCUT2D eigenvalue weighted by Crippen LogP contribution is 2.46. The Hall–Kier alpha value is -2.29. The van der Waals surface area contributed by atoms with Gasteiger partial charge in [0.1, 0.15) is 28.2 Å². The van der Waals surface area contributed by atoms with E-state index in [0.717, 1.165) is 6.54 Å². The minimum atomic E-state index is -0.742. The molecular weight excluding hydrogens is 374 g/mol. The monoisotopic (exact) mass is 403 g/mol. The van der Waals surface area contributed by atoms with Gasteiger partial charge in [-0.2, -0.15) is 0 Å². The smallest absolute Gasteiger partial charge is 0.196 e. The van der Waals surface area contributed by atoms with Crippen LogP contribution in [0.4, 0.5) is 5.69 Å². The third-order valence-electron chi connectivity index (χ3n) is 5.90. The molecular formula is C21H29N3O5. The molecule has 0 aliphatic carbocycles. The molecule has 0 radical (unpaired) electrons. The van der Waals surface area contributed by atoms with Gasteiger partial charge in [-0.15, -0.1) is 4.91 Å². The average Bonchev–Trinajstić information content (AvgIpc) is 2.67. The normalized spacial score (nSPS) is 20.5. The van der Waals surface area contributed by atoms with E-state index in [1.54, 1.807) is 6.92 Å². The molecule has 0 saturated carbocycles. The van der Waals surface area contributed by atoms with Gasteiger partial charge in [0.15, 0.2) is 5.43 Å². The average molecular weight is 403 g/mol. The lowest BCUT2D eigenvalue weighted by atomic mass is 9.83. The first-order valence-corrected chi connectivity index (χ1v) is 10.1. The van der Waals surface area contributed by atoms with Crippen LogP contribution >= 0.6 is 0 Å². The summed E-state index contributed by atoms with van der Waals surface area (Å²) in [6, 6.07) is 1.33. The van der Waals surface area contributed by atoms with Crippen LogP contribution in [-0.2, 0) is 6.54 Å². The fourth-order valence-corrected chi connectivity index (χ4v) is 4.25. The van der Waals surface area contributed by atoms with Crippen molar-refractivity contribution in [1.82, 2.24) is 9.80 Å². The number of hydrogen-bond donors (Lipinski definition) is 2. The van der Waals surface area contributed by atoms with Gasteiger partial charge in [0.25, 0.3) is 0 Å². The highest BCUT2D eigenvalue weighted by molar-refractivity contribution is 5.93. The third kappa shape index (κ3) is 3.92. The molecule has 1 saturated heterocycles. The predicted octanol–water partition coefficient (Wildman–Crippen LogP) is 2.83. The molecule has 1 aromatic carbocycles. The van der Waals surface area contributed by atoms with Crippen LogP contribution in [0.5, 0.6) is 5.75 Å². The highest BCUT2D eigenvalue weighted by atomic mass is 16.3. The molecule has 1 aromatic heterocycles. The number of benzene rings is 1. The summed E-state index contributed by atoms with van der Waals surface area (Å²) in [7, 11) is 1.92. The van der Waals surface area contributed by atoms with Gasteiger partial charge in [-0.1, -0.05) is 13.8 Å². The lowest BCUT2D eigenvalue weighted by molar-refractivity contribution is 0.0640.